The summed E-state index contributed by atoms with van der Waals surface area (Å²) in [7, 11) is -3.41. The summed E-state index contributed by atoms with van der Waals surface area (Å²) in [4.78, 5) is 11.6. The lowest BCUT2D eigenvalue weighted by Crippen LogP contribution is -2.30. The molecule has 0 unspecified atom stereocenters. The highest BCUT2D eigenvalue weighted by Crippen LogP contribution is 2.11. The zero-order valence-electron chi connectivity index (χ0n) is 13.1. The first-order valence-electron chi connectivity index (χ1n) is 7.39. The van der Waals surface area contributed by atoms with E-state index in [2.05, 4.69) is 21.7 Å². The Morgan fingerprint density at radius 1 is 1.18 bits per heavy atom. The summed E-state index contributed by atoms with van der Waals surface area (Å²) in [6.45, 7) is 2.56. The number of anilines is 1. The molecular weight excluding hydrogens is 304 g/mol. The maximum Gasteiger partial charge on any atom is 0.319 e. The van der Waals surface area contributed by atoms with Gasteiger partial charge in [-0.05, 0) is 37.0 Å². The van der Waals surface area contributed by atoms with Crippen LogP contribution >= 0.6 is 0 Å². The number of hydrogen-bond donors (Lipinski definition) is 2. The van der Waals surface area contributed by atoms with Gasteiger partial charge in [0.15, 0.2) is 0 Å². The predicted molar refractivity (Wildman–Crippen MR) is 87.5 cm³/mol. The Hall–Kier alpha value is -1.60. The minimum Gasteiger partial charge on any atom is -0.338 e. The van der Waals surface area contributed by atoms with Crippen molar-refractivity contribution in [2.24, 2.45) is 0 Å². The van der Waals surface area contributed by atoms with Gasteiger partial charge in [-0.25, -0.2) is 4.79 Å². The van der Waals surface area contributed by atoms with Crippen LogP contribution in [0.5, 0.6) is 0 Å². The molecule has 124 valence electrons. The van der Waals surface area contributed by atoms with E-state index < -0.39 is 10.1 Å². The molecule has 1 rings (SSSR count). The van der Waals surface area contributed by atoms with Crippen molar-refractivity contribution in [2.75, 3.05) is 24.7 Å². The molecule has 0 bridgehead atoms. The van der Waals surface area contributed by atoms with E-state index in [0.717, 1.165) is 31.2 Å². The molecule has 7 heteroatoms. The number of amides is 2. The van der Waals surface area contributed by atoms with Crippen LogP contribution in [0.25, 0.3) is 0 Å². The highest BCUT2D eigenvalue weighted by molar-refractivity contribution is 7.85. The molecule has 0 aromatic heterocycles. The van der Waals surface area contributed by atoms with Crippen molar-refractivity contribution < 1.29 is 17.4 Å². The molecule has 0 saturated heterocycles. The van der Waals surface area contributed by atoms with E-state index in [4.69, 9.17) is 0 Å². The maximum atomic E-state index is 11.6. The van der Waals surface area contributed by atoms with Gasteiger partial charge in [-0.15, -0.1) is 0 Å². The van der Waals surface area contributed by atoms with Crippen molar-refractivity contribution in [3.63, 3.8) is 0 Å². The molecule has 6 nitrogen and oxygen atoms in total. The van der Waals surface area contributed by atoms with Crippen molar-refractivity contribution in [3.8, 4) is 0 Å². The summed E-state index contributed by atoms with van der Waals surface area (Å²) in [6.07, 6.45) is 4.78. The number of benzene rings is 1. The maximum absolute atomic E-state index is 11.6. The van der Waals surface area contributed by atoms with Gasteiger partial charge in [0, 0.05) is 12.2 Å². The van der Waals surface area contributed by atoms with Gasteiger partial charge in [0.1, 0.15) is 0 Å². The van der Waals surface area contributed by atoms with Crippen molar-refractivity contribution in [1.29, 1.82) is 0 Å². The number of unbranched alkanes of at least 4 members (excludes halogenated alkanes) is 1. The Morgan fingerprint density at radius 2 is 1.86 bits per heavy atom. The van der Waals surface area contributed by atoms with E-state index in [1.807, 2.05) is 24.3 Å². The zero-order chi connectivity index (χ0) is 16.4. The van der Waals surface area contributed by atoms with Crippen LogP contribution in [0.2, 0.25) is 0 Å². The minimum atomic E-state index is -3.41. The van der Waals surface area contributed by atoms with Gasteiger partial charge < -0.3 is 10.6 Å². The number of urea groups is 1. The van der Waals surface area contributed by atoms with Crippen LogP contribution < -0.4 is 10.6 Å². The molecule has 2 N–H and O–H groups in total. The van der Waals surface area contributed by atoms with Crippen molar-refractivity contribution in [3.05, 3.63) is 29.8 Å². The fourth-order valence-corrected chi connectivity index (χ4v) is 2.22. The standard InChI is InChI=1S/C15H24N2O4S/c1-3-4-6-13-7-9-14(10-8-13)17-15(18)16-11-5-12-21-22(2,19)20/h7-10H,3-6,11-12H2,1-2H3,(H2,16,17,18). The number of nitrogens with one attached hydrogen (secondary N) is 2. The highest BCUT2D eigenvalue weighted by atomic mass is 32.2. The third-order valence-electron chi connectivity index (χ3n) is 2.93. The molecule has 0 saturated carbocycles. The molecule has 2 amide bonds. The Labute approximate surface area is 132 Å². The molecule has 0 heterocycles. The summed E-state index contributed by atoms with van der Waals surface area (Å²) >= 11 is 0. The monoisotopic (exact) mass is 328 g/mol. The largest absolute Gasteiger partial charge is 0.338 e. The van der Waals surface area contributed by atoms with Crippen LogP contribution in [-0.4, -0.2) is 33.9 Å². The van der Waals surface area contributed by atoms with Gasteiger partial charge in [-0.1, -0.05) is 25.5 Å². The zero-order valence-corrected chi connectivity index (χ0v) is 13.9. The topological polar surface area (TPSA) is 84.5 Å². The lowest BCUT2D eigenvalue weighted by Gasteiger charge is -2.08. The lowest BCUT2D eigenvalue weighted by molar-refractivity contribution is 0.250. The van der Waals surface area contributed by atoms with Gasteiger partial charge in [-0.2, -0.15) is 8.42 Å². The van der Waals surface area contributed by atoms with Gasteiger partial charge in [-0.3, -0.25) is 4.18 Å². The molecule has 1 aromatic rings. The molecule has 0 aliphatic carbocycles. The molecule has 0 fully saturated rings. The van der Waals surface area contributed by atoms with Crippen molar-refractivity contribution in [2.45, 2.75) is 32.6 Å². The normalized spacial score (nSPS) is 11.2. The number of carbonyl (C=O) groups is 1. The van der Waals surface area contributed by atoms with Gasteiger partial charge >= 0.3 is 6.03 Å². The fourth-order valence-electron chi connectivity index (χ4n) is 1.80. The molecule has 1 aromatic carbocycles. The van der Waals surface area contributed by atoms with Crippen LogP contribution in [-0.2, 0) is 20.7 Å². The average Bonchev–Trinajstić information content (AvgIpc) is 2.45. The molecule has 0 aliphatic heterocycles. The van der Waals surface area contributed by atoms with Gasteiger partial charge in [0.05, 0.1) is 12.9 Å². The van der Waals surface area contributed by atoms with Gasteiger partial charge in [0.2, 0.25) is 0 Å². The first kappa shape index (κ1) is 18.4. The second kappa shape index (κ2) is 9.42. The van der Waals surface area contributed by atoms with Crippen LogP contribution in [0.1, 0.15) is 31.7 Å². The summed E-state index contributed by atoms with van der Waals surface area (Å²) in [6, 6.07) is 7.44. The predicted octanol–water partition coefficient (Wildman–Crippen LogP) is 2.52. The summed E-state index contributed by atoms with van der Waals surface area (Å²) in [5.74, 6) is 0. The van der Waals surface area contributed by atoms with Crippen LogP contribution in [0.4, 0.5) is 10.5 Å². The first-order valence-corrected chi connectivity index (χ1v) is 9.20. The second-order valence-corrected chi connectivity index (χ2v) is 6.70. The Morgan fingerprint density at radius 3 is 2.45 bits per heavy atom. The smallest absolute Gasteiger partial charge is 0.319 e. The molecule has 0 aliphatic rings. The third kappa shape index (κ3) is 8.63. The molecule has 0 radical (unpaired) electrons. The van der Waals surface area contributed by atoms with E-state index in [-0.39, 0.29) is 12.6 Å². The summed E-state index contributed by atoms with van der Waals surface area (Å²) in [5.41, 5.74) is 1.98. The number of hydrogen-bond acceptors (Lipinski definition) is 4. The van der Waals surface area contributed by atoms with E-state index in [9.17, 15) is 13.2 Å². The number of aryl methyl sites for hydroxylation is 1. The molecule has 22 heavy (non-hydrogen) atoms. The summed E-state index contributed by atoms with van der Waals surface area (Å²) in [5, 5.41) is 5.36. The molecule has 0 spiro atoms. The van der Waals surface area contributed by atoms with E-state index in [1.165, 1.54) is 5.56 Å². The molecule has 0 atom stereocenters. The summed E-state index contributed by atoms with van der Waals surface area (Å²) < 4.78 is 26.1. The lowest BCUT2D eigenvalue weighted by atomic mass is 10.1. The van der Waals surface area contributed by atoms with Crippen LogP contribution in [0.3, 0.4) is 0 Å². The van der Waals surface area contributed by atoms with Crippen molar-refractivity contribution in [1.82, 2.24) is 5.32 Å². The first-order chi connectivity index (χ1) is 10.4. The third-order valence-corrected chi connectivity index (χ3v) is 3.53. The number of rotatable bonds is 9. The van der Waals surface area contributed by atoms with Crippen LogP contribution in [0, 0.1) is 0 Å². The highest BCUT2D eigenvalue weighted by Gasteiger charge is 2.03. The van der Waals surface area contributed by atoms with Crippen molar-refractivity contribution >= 4 is 21.8 Å². The van der Waals surface area contributed by atoms with E-state index in [1.54, 1.807) is 0 Å². The van der Waals surface area contributed by atoms with E-state index >= 15 is 0 Å². The van der Waals surface area contributed by atoms with Gasteiger partial charge in [0.25, 0.3) is 10.1 Å². The average molecular weight is 328 g/mol. The minimum absolute atomic E-state index is 0.0608. The Kier molecular flexibility index (Phi) is 7.90. The number of carbonyl (C=O) groups excluding carboxylic acids is 1. The second-order valence-electron chi connectivity index (χ2n) is 5.06. The SMILES string of the molecule is CCCCc1ccc(NC(=O)NCCCOS(C)(=O)=O)cc1. The molecular formula is C15H24N2O4S. The fraction of sp³-hybridized carbons (Fsp3) is 0.533. The Balaban J connectivity index is 2.24. The quantitative estimate of drug-likeness (QED) is 0.539. The van der Waals surface area contributed by atoms with Crippen LogP contribution in [0.15, 0.2) is 24.3 Å². The van der Waals surface area contributed by atoms with E-state index in [0.29, 0.717) is 13.0 Å². The Bertz CT molecular complexity index is 555.